The highest BCUT2D eigenvalue weighted by Gasteiger charge is 2.22. The number of imidazole rings is 1. The molecule has 1 aliphatic rings. The minimum Gasteiger partial charge on any atom is -0.353 e. The molecule has 2 heterocycles. The molecule has 0 bridgehead atoms. The lowest BCUT2D eigenvalue weighted by Gasteiger charge is -2.07. The zero-order chi connectivity index (χ0) is 17.1. The SMILES string of the molecule is O=C1CC[C@H](CSc2nc(-c3ccccc3)c(-c3ccccc3)[nH]2)N1. The minimum absolute atomic E-state index is 0.153. The van der Waals surface area contributed by atoms with Crippen molar-refractivity contribution in [2.45, 2.75) is 24.0 Å². The van der Waals surface area contributed by atoms with Crippen LogP contribution >= 0.6 is 11.8 Å². The summed E-state index contributed by atoms with van der Waals surface area (Å²) in [5.41, 5.74) is 4.21. The summed E-state index contributed by atoms with van der Waals surface area (Å²) in [5, 5.41) is 3.90. The molecule has 2 aromatic carbocycles. The Morgan fingerprint density at radius 3 is 2.32 bits per heavy atom. The molecule has 1 aromatic heterocycles. The largest absolute Gasteiger partial charge is 0.353 e. The quantitative estimate of drug-likeness (QED) is 0.682. The molecule has 1 atom stereocenters. The number of amides is 1. The molecule has 0 radical (unpaired) electrons. The Labute approximate surface area is 151 Å². The van der Waals surface area contributed by atoms with Gasteiger partial charge >= 0.3 is 0 Å². The summed E-state index contributed by atoms with van der Waals surface area (Å²) in [6.45, 7) is 0. The predicted molar refractivity (Wildman–Crippen MR) is 101 cm³/mol. The number of rotatable bonds is 5. The lowest BCUT2D eigenvalue weighted by molar-refractivity contribution is -0.119. The molecule has 1 amide bonds. The van der Waals surface area contributed by atoms with Crippen molar-refractivity contribution in [1.82, 2.24) is 15.3 Å². The Balaban J connectivity index is 1.63. The number of nitrogens with zero attached hydrogens (tertiary/aromatic N) is 1. The maximum Gasteiger partial charge on any atom is 0.220 e. The van der Waals surface area contributed by atoms with Crippen molar-refractivity contribution < 1.29 is 4.79 Å². The van der Waals surface area contributed by atoms with Crippen LogP contribution in [-0.4, -0.2) is 27.7 Å². The van der Waals surface area contributed by atoms with Crippen LogP contribution in [0.3, 0.4) is 0 Å². The Morgan fingerprint density at radius 2 is 1.68 bits per heavy atom. The van der Waals surface area contributed by atoms with Gasteiger partial charge in [0.1, 0.15) is 0 Å². The first-order chi connectivity index (χ1) is 12.3. The molecule has 0 saturated carbocycles. The number of H-pyrrole nitrogens is 1. The highest BCUT2D eigenvalue weighted by atomic mass is 32.2. The van der Waals surface area contributed by atoms with Crippen LogP contribution < -0.4 is 5.32 Å². The molecule has 0 unspecified atom stereocenters. The van der Waals surface area contributed by atoms with Gasteiger partial charge in [0.05, 0.1) is 11.4 Å². The van der Waals surface area contributed by atoms with E-state index in [2.05, 4.69) is 34.6 Å². The van der Waals surface area contributed by atoms with E-state index in [1.54, 1.807) is 11.8 Å². The highest BCUT2D eigenvalue weighted by Crippen LogP contribution is 2.33. The van der Waals surface area contributed by atoms with E-state index in [4.69, 9.17) is 4.98 Å². The third kappa shape index (κ3) is 3.61. The normalized spacial score (nSPS) is 16.8. The smallest absolute Gasteiger partial charge is 0.220 e. The summed E-state index contributed by atoms with van der Waals surface area (Å²) in [6.07, 6.45) is 1.54. The number of aromatic nitrogens is 2. The summed E-state index contributed by atoms with van der Waals surface area (Å²) in [4.78, 5) is 19.7. The summed E-state index contributed by atoms with van der Waals surface area (Å²) < 4.78 is 0. The first-order valence-electron chi connectivity index (χ1n) is 8.42. The number of aromatic amines is 1. The van der Waals surface area contributed by atoms with Crippen LogP contribution in [0.15, 0.2) is 65.8 Å². The van der Waals surface area contributed by atoms with Gasteiger partial charge in [-0.25, -0.2) is 4.98 Å². The van der Waals surface area contributed by atoms with Crippen LogP contribution in [-0.2, 0) is 4.79 Å². The van der Waals surface area contributed by atoms with Crippen molar-refractivity contribution in [1.29, 1.82) is 0 Å². The van der Waals surface area contributed by atoms with E-state index in [-0.39, 0.29) is 11.9 Å². The van der Waals surface area contributed by atoms with Crippen LogP contribution in [0.25, 0.3) is 22.5 Å². The number of hydrogen-bond acceptors (Lipinski definition) is 3. The number of thioether (sulfide) groups is 1. The molecule has 0 aliphatic carbocycles. The Kier molecular flexibility index (Phi) is 4.57. The molecule has 1 fully saturated rings. The van der Waals surface area contributed by atoms with E-state index in [1.807, 2.05) is 36.4 Å². The molecule has 0 spiro atoms. The summed E-state index contributed by atoms with van der Waals surface area (Å²) in [6, 6.07) is 20.7. The van der Waals surface area contributed by atoms with Crippen LogP contribution in [0.5, 0.6) is 0 Å². The highest BCUT2D eigenvalue weighted by molar-refractivity contribution is 7.99. The fourth-order valence-corrected chi connectivity index (χ4v) is 3.96. The first-order valence-corrected chi connectivity index (χ1v) is 9.41. The predicted octanol–water partition coefficient (Wildman–Crippen LogP) is 4.11. The third-order valence-electron chi connectivity index (χ3n) is 4.30. The molecule has 5 heteroatoms. The first kappa shape index (κ1) is 16.0. The van der Waals surface area contributed by atoms with Crippen molar-refractivity contribution in [3.8, 4) is 22.5 Å². The zero-order valence-electron chi connectivity index (χ0n) is 13.7. The molecule has 4 nitrogen and oxygen atoms in total. The summed E-state index contributed by atoms with van der Waals surface area (Å²) in [5.74, 6) is 0.988. The lowest BCUT2D eigenvalue weighted by Crippen LogP contribution is -2.27. The van der Waals surface area contributed by atoms with Gasteiger partial charge in [0.2, 0.25) is 5.91 Å². The molecule has 3 aromatic rings. The minimum atomic E-state index is 0.153. The second kappa shape index (κ2) is 7.15. The van der Waals surface area contributed by atoms with Gasteiger partial charge in [0.25, 0.3) is 0 Å². The molecular formula is C20H19N3OS. The van der Waals surface area contributed by atoms with Crippen molar-refractivity contribution in [3.63, 3.8) is 0 Å². The Bertz CT molecular complexity index is 804. The number of carbonyl (C=O) groups is 1. The van der Waals surface area contributed by atoms with Crippen LogP contribution in [0, 0.1) is 0 Å². The van der Waals surface area contributed by atoms with E-state index >= 15 is 0 Å². The van der Waals surface area contributed by atoms with E-state index in [9.17, 15) is 4.79 Å². The molecule has 4 rings (SSSR count). The molecular weight excluding hydrogens is 330 g/mol. The van der Waals surface area contributed by atoms with Crippen molar-refractivity contribution in [2.24, 2.45) is 0 Å². The summed E-state index contributed by atoms with van der Waals surface area (Å²) >= 11 is 1.66. The van der Waals surface area contributed by atoms with Gasteiger partial charge in [-0.2, -0.15) is 0 Å². The van der Waals surface area contributed by atoms with E-state index < -0.39 is 0 Å². The lowest BCUT2D eigenvalue weighted by atomic mass is 10.1. The van der Waals surface area contributed by atoms with Gasteiger partial charge in [0.15, 0.2) is 5.16 Å². The molecule has 2 N–H and O–H groups in total. The van der Waals surface area contributed by atoms with Gasteiger partial charge < -0.3 is 10.3 Å². The average molecular weight is 349 g/mol. The van der Waals surface area contributed by atoms with Crippen molar-refractivity contribution >= 4 is 17.7 Å². The number of hydrogen-bond donors (Lipinski definition) is 2. The standard InChI is InChI=1S/C20H19N3OS/c24-17-12-11-16(21-17)13-25-20-22-18(14-7-3-1-4-8-14)19(23-20)15-9-5-2-6-10-15/h1-10,16H,11-13H2,(H,21,24)(H,22,23)/t16-/m1/s1. The third-order valence-corrected chi connectivity index (χ3v) is 5.33. The van der Waals surface area contributed by atoms with Crippen LogP contribution in [0.1, 0.15) is 12.8 Å². The molecule has 1 aliphatic heterocycles. The van der Waals surface area contributed by atoms with E-state index in [0.29, 0.717) is 6.42 Å². The fourth-order valence-electron chi connectivity index (χ4n) is 3.02. The maximum atomic E-state index is 11.3. The average Bonchev–Trinajstić information content (AvgIpc) is 3.28. The van der Waals surface area contributed by atoms with E-state index in [1.165, 1.54) is 0 Å². The summed E-state index contributed by atoms with van der Waals surface area (Å²) in [7, 11) is 0. The van der Waals surface area contributed by atoms with Crippen LogP contribution in [0.4, 0.5) is 0 Å². The van der Waals surface area contributed by atoms with Gasteiger partial charge in [-0.1, -0.05) is 72.4 Å². The number of carbonyl (C=O) groups excluding carboxylic acids is 1. The van der Waals surface area contributed by atoms with Crippen molar-refractivity contribution in [2.75, 3.05) is 5.75 Å². The molecule has 126 valence electrons. The second-order valence-corrected chi connectivity index (χ2v) is 7.12. The van der Waals surface area contributed by atoms with Gasteiger partial charge in [-0.05, 0) is 6.42 Å². The fraction of sp³-hybridized carbons (Fsp3) is 0.200. The molecule has 1 saturated heterocycles. The Hall–Kier alpha value is -2.53. The monoisotopic (exact) mass is 349 g/mol. The Morgan fingerprint density at radius 1 is 1.00 bits per heavy atom. The van der Waals surface area contributed by atoms with Crippen molar-refractivity contribution in [3.05, 3.63) is 60.7 Å². The zero-order valence-corrected chi connectivity index (χ0v) is 14.6. The van der Waals surface area contributed by atoms with Gasteiger partial charge in [-0.3, -0.25) is 4.79 Å². The van der Waals surface area contributed by atoms with E-state index in [0.717, 1.165) is 39.8 Å². The topological polar surface area (TPSA) is 57.8 Å². The van der Waals surface area contributed by atoms with Gasteiger partial charge in [0, 0.05) is 29.3 Å². The molecule has 25 heavy (non-hydrogen) atoms. The maximum absolute atomic E-state index is 11.3. The second-order valence-electron chi connectivity index (χ2n) is 6.11. The number of nitrogens with one attached hydrogen (secondary N) is 2. The number of benzene rings is 2. The van der Waals surface area contributed by atoms with Gasteiger partial charge in [-0.15, -0.1) is 0 Å². The van der Waals surface area contributed by atoms with Crippen LogP contribution in [0.2, 0.25) is 0 Å².